The quantitative estimate of drug-likeness (QED) is 0.485. The van der Waals surface area contributed by atoms with Gasteiger partial charge in [0, 0.05) is 5.56 Å². The predicted octanol–water partition coefficient (Wildman–Crippen LogP) is 4.23. The van der Waals surface area contributed by atoms with Crippen LogP contribution in [0.4, 0.5) is 5.00 Å². The summed E-state index contributed by atoms with van der Waals surface area (Å²) < 4.78 is 15.6. The van der Waals surface area contributed by atoms with E-state index in [0.29, 0.717) is 23.5 Å². The van der Waals surface area contributed by atoms with Gasteiger partial charge < -0.3 is 19.5 Å². The van der Waals surface area contributed by atoms with E-state index in [-0.39, 0.29) is 28.7 Å². The van der Waals surface area contributed by atoms with Crippen molar-refractivity contribution in [2.75, 3.05) is 25.1 Å². The molecule has 1 heterocycles. The first-order valence-electron chi connectivity index (χ1n) is 9.05. The average Bonchev–Trinajstić information content (AvgIpc) is 3.02. The van der Waals surface area contributed by atoms with E-state index in [0.717, 1.165) is 11.3 Å². The van der Waals surface area contributed by atoms with Gasteiger partial charge in [-0.2, -0.15) is 0 Å². The Hall–Kier alpha value is -3.13. The predicted molar refractivity (Wildman–Crippen MR) is 111 cm³/mol. The highest BCUT2D eigenvalue weighted by molar-refractivity contribution is 7.18. The second-order valence-electron chi connectivity index (χ2n) is 5.78. The van der Waals surface area contributed by atoms with Crippen molar-refractivity contribution in [3.8, 4) is 5.75 Å². The first-order chi connectivity index (χ1) is 13.9. The highest BCUT2D eigenvalue weighted by Gasteiger charge is 2.27. The number of thiophene rings is 1. The Labute approximate surface area is 173 Å². The third-order valence-electron chi connectivity index (χ3n) is 3.78. The standard InChI is InChI=1S/C21H23NO6S/c1-5-11-28-21(25)17-13(4)16(20(24)27-7-3)19(29-17)22-18(23)14-9-8-10-15(12-14)26-6-2/h5,8-10,12H,1,6-7,11H2,2-4H3,(H,22,23). The molecule has 1 N–H and O–H groups in total. The number of anilines is 1. The van der Waals surface area contributed by atoms with Crippen molar-refractivity contribution in [2.45, 2.75) is 20.8 Å². The molecule has 0 saturated carbocycles. The minimum absolute atomic E-state index is 0.0385. The third kappa shape index (κ3) is 5.45. The van der Waals surface area contributed by atoms with E-state index in [2.05, 4.69) is 11.9 Å². The van der Waals surface area contributed by atoms with Crippen molar-refractivity contribution in [1.82, 2.24) is 0 Å². The molecule has 8 heteroatoms. The molecule has 0 radical (unpaired) electrons. The molecular formula is C21H23NO6S. The normalized spacial score (nSPS) is 10.2. The van der Waals surface area contributed by atoms with Crippen molar-refractivity contribution < 1.29 is 28.6 Å². The van der Waals surface area contributed by atoms with Gasteiger partial charge in [0.2, 0.25) is 0 Å². The molecule has 29 heavy (non-hydrogen) atoms. The number of nitrogens with one attached hydrogen (secondary N) is 1. The van der Waals surface area contributed by atoms with Crippen molar-refractivity contribution in [3.05, 3.63) is 58.5 Å². The van der Waals surface area contributed by atoms with Crippen molar-refractivity contribution in [2.24, 2.45) is 0 Å². The zero-order valence-corrected chi connectivity index (χ0v) is 17.4. The van der Waals surface area contributed by atoms with Crippen molar-refractivity contribution in [3.63, 3.8) is 0 Å². The van der Waals surface area contributed by atoms with Crippen LogP contribution in [0.3, 0.4) is 0 Å². The number of hydrogen-bond donors (Lipinski definition) is 1. The molecule has 1 amide bonds. The first-order valence-corrected chi connectivity index (χ1v) is 9.87. The molecule has 0 saturated heterocycles. The Balaban J connectivity index is 2.38. The topological polar surface area (TPSA) is 90.9 Å². The maximum atomic E-state index is 12.7. The van der Waals surface area contributed by atoms with Gasteiger partial charge in [-0.05, 0) is 44.5 Å². The number of ether oxygens (including phenoxy) is 3. The average molecular weight is 417 g/mol. The maximum absolute atomic E-state index is 12.7. The van der Waals surface area contributed by atoms with Crippen LogP contribution in [-0.2, 0) is 9.47 Å². The lowest BCUT2D eigenvalue weighted by molar-refractivity contribution is 0.0527. The van der Waals surface area contributed by atoms with E-state index in [1.807, 2.05) is 6.92 Å². The lowest BCUT2D eigenvalue weighted by atomic mass is 10.1. The van der Waals surface area contributed by atoms with Crippen molar-refractivity contribution in [1.29, 1.82) is 0 Å². The summed E-state index contributed by atoms with van der Waals surface area (Å²) in [6, 6.07) is 6.67. The summed E-state index contributed by atoms with van der Waals surface area (Å²) in [4.78, 5) is 37.7. The van der Waals surface area contributed by atoms with Crippen molar-refractivity contribution >= 4 is 34.2 Å². The summed E-state index contributed by atoms with van der Waals surface area (Å²) in [7, 11) is 0. The Morgan fingerprint density at radius 2 is 1.90 bits per heavy atom. The summed E-state index contributed by atoms with van der Waals surface area (Å²) in [5.41, 5.74) is 0.880. The van der Waals surface area contributed by atoms with E-state index in [9.17, 15) is 14.4 Å². The second-order valence-corrected chi connectivity index (χ2v) is 6.80. The molecule has 0 fully saturated rings. The van der Waals surface area contributed by atoms with E-state index in [1.54, 1.807) is 38.1 Å². The number of rotatable bonds is 9. The first kappa shape index (κ1) is 22.2. The Kier molecular flexibility index (Phi) is 7.97. The van der Waals surface area contributed by atoms with Crippen LogP contribution >= 0.6 is 11.3 Å². The van der Waals surface area contributed by atoms with Gasteiger partial charge in [0.1, 0.15) is 22.2 Å². The van der Waals surface area contributed by atoms with Gasteiger partial charge in [-0.1, -0.05) is 18.7 Å². The largest absolute Gasteiger partial charge is 0.494 e. The molecule has 0 aliphatic rings. The number of carbonyl (C=O) groups is 3. The molecule has 0 aliphatic carbocycles. The summed E-state index contributed by atoms with van der Waals surface area (Å²) in [5, 5.41) is 2.92. The van der Waals surface area contributed by atoms with Gasteiger partial charge in [-0.15, -0.1) is 11.3 Å². The molecule has 0 unspecified atom stereocenters. The van der Waals surface area contributed by atoms with Crippen LogP contribution in [0.15, 0.2) is 36.9 Å². The van der Waals surface area contributed by atoms with Gasteiger partial charge in [0.15, 0.2) is 0 Å². The summed E-state index contributed by atoms with van der Waals surface area (Å²) in [6.07, 6.45) is 1.45. The highest BCUT2D eigenvalue weighted by Crippen LogP contribution is 2.34. The molecule has 0 atom stereocenters. The molecular weight excluding hydrogens is 394 g/mol. The van der Waals surface area contributed by atoms with Crippen LogP contribution in [-0.4, -0.2) is 37.7 Å². The molecule has 0 spiro atoms. The SMILES string of the molecule is C=CCOC(=O)c1sc(NC(=O)c2cccc(OCC)c2)c(C(=O)OCC)c1C. The number of benzene rings is 1. The Bertz CT molecular complexity index is 918. The fraction of sp³-hybridized carbons (Fsp3) is 0.286. The lowest BCUT2D eigenvalue weighted by Crippen LogP contribution is -2.15. The highest BCUT2D eigenvalue weighted by atomic mass is 32.1. The Morgan fingerprint density at radius 3 is 2.55 bits per heavy atom. The molecule has 0 bridgehead atoms. The zero-order valence-electron chi connectivity index (χ0n) is 16.6. The molecule has 2 aromatic rings. The van der Waals surface area contributed by atoms with Gasteiger partial charge in [-0.3, -0.25) is 4.79 Å². The van der Waals surface area contributed by atoms with E-state index < -0.39 is 17.8 Å². The summed E-state index contributed by atoms with van der Waals surface area (Å²) in [5.74, 6) is -1.11. The molecule has 1 aromatic heterocycles. The molecule has 154 valence electrons. The van der Waals surface area contributed by atoms with E-state index >= 15 is 0 Å². The number of carbonyl (C=O) groups excluding carboxylic acids is 3. The second kappa shape index (κ2) is 10.4. The lowest BCUT2D eigenvalue weighted by Gasteiger charge is -2.08. The van der Waals surface area contributed by atoms with Gasteiger partial charge in [-0.25, -0.2) is 9.59 Å². The fourth-order valence-corrected chi connectivity index (χ4v) is 3.60. The van der Waals surface area contributed by atoms with E-state index in [1.165, 1.54) is 6.08 Å². The Morgan fingerprint density at radius 1 is 1.14 bits per heavy atom. The summed E-state index contributed by atoms with van der Waals surface area (Å²) >= 11 is 0.963. The number of esters is 2. The van der Waals surface area contributed by atoms with Crippen LogP contribution in [0, 0.1) is 6.92 Å². The number of amides is 1. The van der Waals surface area contributed by atoms with Crippen LogP contribution in [0.2, 0.25) is 0 Å². The zero-order chi connectivity index (χ0) is 21.4. The van der Waals surface area contributed by atoms with Crippen LogP contribution in [0.25, 0.3) is 0 Å². The molecule has 1 aromatic carbocycles. The molecule has 7 nitrogen and oxygen atoms in total. The smallest absolute Gasteiger partial charge is 0.348 e. The third-order valence-corrected chi connectivity index (χ3v) is 4.97. The van der Waals surface area contributed by atoms with Gasteiger partial charge in [0.05, 0.1) is 18.8 Å². The minimum Gasteiger partial charge on any atom is -0.494 e. The fourth-order valence-electron chi connectivity index (χ4n) is 2.51. The van der Waals surface area contributed by atoms with E-state index in [4.69, 9.17) is 14.2 Å². The van der Waals surface area contributed by atoms with Crippen LogP contribution in [0.1, 0.15) is 49.8 Å². The van der Waals surface area contributed by atoms with Gasteiger partial charge >= 0.3 is 11.9 Å². The minimum atomic E-state index is -0.623. The maximum Gasteiger partial charge on any atom is 0.348 e. The molecule has 2 rings (SSSR count). The summed E-state index contributed by atoms with van der Waals surface area (Å²) in [6.45, 7) is 9.31. The van der Waals surface area contributed by atoms with Crippen LogP contribution < -0.4 is 10.1 Å². The number of hydrogen-bond acceptors (Lipinski definition) is 7. The monoisotopic (exact) mass is 417 g/mol. The molecule has 0 aliphatic heterocycles. The van der Waals surface area contributed by atoms with Gasteiger partial charge in [0.25, 0.3) is 5.91 Å². The van der Waals surface area contributed by atoms with Crippen LogP contribution in [0.5, 0.6) is 5.75 Å².